The van der Waals surface area contributed by atoms with Crippen LogP contribution in [0.5, 0.6) is 0 Å². The van der Waals surface area contributed by atoms with Crippen LogP contribution in [0.2, 0.25) is 0 Å². The van der Waals surface area contributed by atoms with Gasteiger partial charge in [0.15, 0.2) is 0 Å². The molecule has 4 heteroatoms. The lowest BCUT2D eigenvalue weighted by atomic mass is 9.76. The molecule has 5 N–H and O–H groups in total. The van der Waals surface area contributed by atoms with E-state index in [0.29, 0.717) is 5.92 Å². The number of amides is 1. The molecule has 0 bridgehead atoms. The highest BCUT2D eigenvalue weighted by Gasteiger charge is 2.37. The van der Waals surface area contributed by atoms with Gasteiger partial charge in [-0.2, -0.15) is 0 Å². The molecule has 0 heterocycles. The van der Waals surface area contributed by atoms with Crippen LogP contribution in [-0.4, -0.2) is 11.4 Å². The molecule has 1 fully saturated rings. The summed E-state index contributed by atoms with van der Waals surface area (Å²) in [4.78, 5) is 11.3. The lowest BCUT2D eigenvalue weighted by molar-refractivity contribution is -0.128. The lowest BCUT2D eigenvalue weighted by Gasteiger charge is -2.34. The van der Waals surface area contributed by atoms with Crippen molar-refractivity contribution in [2.24, 2.45) is 17.5 Å². The van der Waals surface area contributed by atoms with E-state index in [9.17, 15) is 4.79 Å². The van der Waals surface area contributed by atoms with Crippen LogP contribution in [0.25, 0.3) is 0 Å². The number of hydrogen-bond acceptors (Lipinski definition) is 3. The molecule has 1 amide bonds. The maximum atomic E-state index is 11.3. The van der Waals surface area contributed by atoms with E-state index in [-0.39, 0.29) is 5.91 Å². The molecule has 0 aromatic heterocycles. The molecule has 0 radical (unpaired) electrons. The Balaban J connectivity index is 2.63. The van der Waals surface area contributed by atoms with Crippen LogP contribution in [0.1, 0.15) is 32.6 Å². The summed E-state index contributed by atoms with van der Waals surface area (Å²) in [5.74, 6) is 5.36. The van der Waals surface area contributed by atoms with Crippen molar-refractivity contribution in [1.29, 1.82) is 0 Å². The highest BCUT2D eigenvalue weighted by Crippen LogP contribution is 2.30. The third-order valence-corrected chi connectivity index (χ3v) is 2.62. The minimum absolute atomic E-state index is 0.228. The first-order valence-corrected chi connectivity index (χ1v) is 4.38. The first kappa shape index (κ1) is 9.48. The van der Waals surface area contributed by atoms with Crippen LogP contribution in [-0.2, 0) is 4.79 Å². The van der Waals surface area contributed by atoms with E-state index in [1.165, 1.54) is 0 Å². The van der Waals surface area contributed by atoms with Crippen molar-refractivity contribution < 1.29 is 4.79 Å². The van der Waals surface area contributed by atoms with Crippen LogP contribution in [0.3, 0.4) is 0 Å². The van der Waals surface area contributed by atoms with Crippen molar-refractivity contribution >= 4 is 5.91 Å². The highest BCUT2D eigenvalue weighted by molar-refractivity contribution is 5.85. The summed E-state index contributed by atoms with van der Waals surface area (Å²) in [5.41, 5.74) is 7.33. The Labute approximate surface area is 72.6 Å². The van der Waals surface area contributed by atoms with Gasteiger partial charge in [-0.15, -0.1) is 0 Å². The third kappa shape index (κ3) is 1.76. The topological polar surface area (TPSA) is 81.1 Å². The van der Waals surface area contributed by atoms with E-state index >= 15 is 0 Å². The van der Waals surface area contributed by atoms with Gasteiger partial charge in [0.25, 0.3) is 5.91 Å². The van der Waals surface area contributed by atoms with Gasteiger partial charge in [-0.1, -0.05) is 19.8 Å². The third-order valence-electron chi connectivity index (χ3n) is 2.62. The fourth-order valence-corrected chi connectivity index (χ4v) is 1.94. The van der Waals surface area contributed by atoms with Gasteiger partial charge in [-0.05, 0) is 18.8 Å². The molecule has 0 aromatic carbocycles. The van der Waals surface area contributed by atoms with Crippen LogP contribution in [0, 0.1) is 5.92 Å². The molecule has 0 saturated heterocycles. The molecule has 4 nitrogen and oxygen atoms in total. The maximum absolute atomic E-state index is 11.3. The second-order valence-electron chi connectivity index (χ2n) is 3.83. The standard InChI is InChI=1S/C8H17N3O/c1-6-3-2-4-8(9,5-6)7(12)11-10/h6H,2-5,9-10H2,1H3,(H,11,12). The Kier molecular flexibility index (Phi) is 2.69. The number of carbonyl (C=O) groups excluding carboxylic acids is 1. The van der Waals surface area contributed by atoms with Crippen LogP contribution in [0.4, 0.5) is 0 Å². The van der Waals surface area contributed by atoms with E-state index in [0.717, 1.165) is 25.7 Å². The zero-order chi connectivity index (χ0) is 9.19. The fraction of sp³-hybridized carbons (Fsp3) is 0.875. The predicted molar refractivity (Wildman–Crippen MR) is 46.9 cm³/mol. The lowest BCUT2D eigenvalue weighted by Crippen LogP contribution is -2.57. The molecule has 1 aliphatic rings. The predicted octanol–water partition coefficient (Wildman–Crippen LogP) is -0.116. The highest BCUT2D eigenvalue weighted by atomic mass is 16.2. The first-order valence-electron chi connectivity index (χ1n) is 4.38. The number of hydrogen-bond donors (Lipinski definition) is 3. The van der Waals surface area contributed by atoms with Crippen molar-refractivity contribution in [3.63, 3.8) is 0 Å². The van der Waals surface area contributed by atoms with Crippen molar-refractivity contribution in [1.82, 2.24) is 5.43 Å². The smallest absolute Gasteiger partial charge is 0.253 e. The van der Waals surface area contributed by atoms with E-state index in [4.69, 9.17) is 11.6 Å². The normalized spacial score (nSPS) is 36.1. The largest absolute Gasteiger partial charge is 0.317 e. The second-order valence-corrected chi connectivity index (χ2v) is 3.83. The van der Waals surface area contributed by atoms with Gasteiger partial charge in [0.2, 0.25) is 0 Å². The molecular formula is C8H17N3O. The average molecular weight is 171 g/mol. The Bertz CT molecular complexity index is 183. The molecular weight excluding hydrogens is 154 g/mol. The number of hydrazine groups is 1. The Hall–Kier alpha value is -0.610. The molecule has 0 aromatic rings. The Morgan fingerprint density at radius 3 is 2.83 bits per heavy atom. The molecule has 1 aliphatic carbocycles. The van der Waals surface area contributed by atoms with Gasteiger partial charge in [0.05, 0.1) is 5.54 Å². The summed E-state index contributed by atoms with van der Waals surface area (Å²) >= 11 is 0. The van der Waals surface area contributed by atoms with E-state index < -0.39 is 5.54 Å². The Morgan fingerprint density at radius 2 is 2.33 bits per heavy atom. The number of nitrogens with one attached hydrogen (secondary N) is 1. The second kappa shape index (κ2) is 3.41. The van der Waals surface area contributed by atoms with Gasteiger partial charge in [-0.25, -0.2) is 5.84 Å². The summed E-state index contributed by atoms with van der Waals surface area (Å²) in [6.45, 7) is 2.12. The molecule has 1 saturated carbocycles. The minimum Gasteiger partial charge on any atom is -0.317 e. The SMILES string of the molecule is CC1CCCC(N)(C(=O)NN)C1. The van der Waals surface area contributed by atoms with Gasteiger partial charge in [-0.3, -0.25) is 10.2 Å². The van der Waals surface area contributed by atoms with E-state index in [1.54, 1.807) is 0 Å². The van der Waals surface area contributed by atoms with Gasteiger partial charge < -0.3 is 5.73 Å². The molecule has 0 spiro atoms. The number of nitrogens with two attached hydrogens (primary N) is 2. The zero-order valence-corrected chi connectivity index (χ0v) is 7.47. The summed E-state index contributed by atoms with van der Waals surface area (Å²) in [5, 5.41) is 0. The first-order chi connectivity index (χ1) is 5.58. The maximum Gasteiger partial charge on any atom is 0.253 e. The van der Waals surface area contributed by atoms with Gasteiger partial charge in [0.1, 0.15) is 0 Å². The fourth-order valence-electron chi connectivity index (χ4n) is 1.94. The molecule has 0 aliphatic heterocycles. The zero-order valence-electron chi connectivity index (χ0n) is 7.47. The van der Waals surface area contributed by atoms with Gasteiger partial charge in [0, 0.05) is 0 Å². The van der Waals surface area contributed by atoms with Crippen molar-refractivity contribution in [2.45, 2.75) is 38.1 Å². The van der Waals surface area contributed by atoms with Crippen LogP contribution < -0.4 is 17.0 Å². The quantitative estimate of drug-likeness (QED) is 0.292. The Morgan fingerprint density at radius 1 is 1.67 bits per heavy atom. The number of carbonyl (C=O) groups is 1. The van der Waals surface area contributed by atoms with Crippen molar-refractivity contribution in [3.8, 4) is 0 Å². The van der Waals surface area contributed by atoms with Gasteiger partial charge >= 0.3 is 0 Å². The molecule has 2 atom stereocenters. The van der Waals surface area contributed by atoms with Crippen molar-refractivity contribution in [2.75, 3.05) is 0 Å². The minimum atomic E-state index is -0.716. The van der Waals surface area contributed by atoms with E-state index in [1.807, 2.05) is 0 Å². The summed E-state index contributed by atoms with van der Waals surface area (Å²) in [6.07, 6.45) is 3.68. The summed E-state index contributed by atoms with van der Waals surface area (Å²) in [7, 11) is 0. The van der Waals surface area contributed by atoms with Crippen LogP contribution >= 0.6 is 0 Å². The van der Waals surface area contributed by atoms with Crippen LogP contribution in [0.15, 0.2) is 0 Å². The molecule has 2 unspecified atom stereocenters. The van der Waals surface area contributed by atoms with E-state index in [2.05, 4.69) is 12.3 Å². The van der Waals surface area contributed by atoms with Crippen molar-refractivity contribution in [3.05, 3.63) is 0 Å². The molecule has 70 valence electrons. The average Bonchev–Trinajstić information content (AvgIpc) is 2.02. The number of rotatable bonds is 1. The molecule has 12 heavy (non-hydrogen) atoms. The summed E-state index contributed by atoms with van der Waals surface area (Å²) < 4.78 is 0. The monoisotopic (exact) mass is 171 g/mol. The summed E-state index contributed by atoms with van der Waals surface area (Å²) in [6, 6.07) is 0. The molecule has 1 rings (SSSR count).